The molecule has 1 aliphatic carbocycles. The lowest BCUT2D eigenvalue weighted by Gasteiger charge is -2.28. The monoisotopic (exact) mass is 285 g/mol. The molecule has 0 bridgehead atoms. The first-order valence-electron chi connectivity index (χ1n) is 6.04. The summed E-state index contributed by atoms with van der Waals surface area (Å²) < 4.78 is 4.94. The molecule has 104 valence electrons. The van der Waals surface area contributed by atoms with Gasteiger partial charge in [0.15, 0.2) is 5.82 Å². The van der Waals surface area contributed by atoms with Gasteiger partial charge in [0.1, 0.15) is 5.02 Å². The normalized spacial score (nSPS) is 26.2. The molecule has 6 nitrogen and oxygen atoms in total. The predicted octanol–water partition coefficient (Wildman–Crippen LogP) is 2.19. The van der Waals surface area contributed by atoms with Crippen LogP contribution in [0.2, 0.25) is 5.02 Å². The van der Waals surface area contributed by atoms with Crippen molar-refractivity contribution in [2.24, 2.45) is 5.41 Å². The SMILES string of the molecule is COc1ncc(Cl)c(NC2CCCC2(C)C(=O)O)n1. The summed E-state index contributed by atoms with van der Waals surface area (Å²) in [5.41, 5.74) is -0.804. The number of nitrogens with one attached hydrogen (secondary N) is 1. The van der Waals surface area contributed by atoms with Crippen LogP contribution in [-0.4, -0.2) is 34.2 Å². The molecule has 0 amide bonds. The second kappa shape index (κ2) is 5.21. The Morgan fingerprint density at radius 1 is 1.68 bits per heavy atom. The lowest BCUT2D eigenvalue weighted by atomic mass is 9.85. The van der Waals surface area contributed by atoms with E-state index in [-0.39, 0.29) is 12.1 Å². The summed E-state index contributed by atoms with van der Waals surface area (Å²) >= 11 is 6.01. The molecule has 1 aromatic rings. The van der Waals surface area contributed by atoms with Gasteiger partial charge in [-0.25, -0.2) is 4.98 Å². The third-order valence-corrected chi connectivity index (χ3v) is 3.94. The number of carboxylic acid groups (broad SMARTS) is 1. The van der Waals surface area contributed by atoms with Crippen LogP contribution >= 0.6 is 11.6 Å². The lowest BCUT2D eigenvalue weighted by molar-refractivity contribution is -0.147. The molecule has 7 heteroatoms. The van der Waals surface area contributed by atoms with Crippen LogP contribution in [0.5, 0.6) is 6.01 Å². The second-order valence-corrected chi connectivity index (χ2v) is 5.27. The number of anilines is 1. The van der Waals surface area contributed by atoms with Gasteiger partial charge < -0.3 is 15.2 Å². The molecule has 2 unspecified atom stereocenters. The summed E-state index contributed by atoms with van der Waals surface area (Å²) in [5.74, 6) is -0.396. The highest BCUT2D eigenvalue weighted by Gasteiger charge is 2.45. The van der Waals surface area contributed by atoms with E-state index < -0.39 is 11.4 Å². The molecule has 2 N–H and O–H groups in total. The number of hydrogen-bond donors (Lipinski definition) is 2. The summed E-state index contributed by atoms with van der Waals surface area (Å²) in [6.07, 6.45) is 3.70. The molecule has 2 rings (SSSR count). The highest BCUT2D eigenvalue weighted by atomic mass is 35.5. The van der Waals surface area contributed by atoms with E-state index in [2.05, 4.69) is 15.3 Å². The van der Waals surface area contributed by atoms with Gasteiger partial charge in [0, 0.05) is 6.04 Å². The standard InChI is InChI=1S/C12H16ClN3O3/c1-12(10(17)18)5-3-4-8(12)15-9-7(13)6-14-11(16-9)19-2/h6,8H,3-5H2,1-2H3,(H,17,18)(H,14,15,16). The number of ether oxygens (including phenoxy) is 1. The third kappa shape index (κ3) is 2.58. The number of hydrogen-bond acceptors (Lipinski definition) is 5. The first-order chi connectivity index (χ1) is 8.97. The van der Waals surface area contributed by atoms with E-state index >= 15 is 0 Å². The number of nitrogens with zero attached hydrogens (tertiary/aromatic N) is 2. The van der Waals surface area contributed by atoms with Gasteiger partial charge >= 0.3 is 12.0 Å². The molecule has 0 saturated heterocycles. The molecule has 0 aliphatic heterocycles. The zero-order chi connectivity index (χ0) is 14.0. The molecule has 0 radical (unpaired) electrons. The highest BCUT2D eigenvalue weighted by Crippen LogP contribution is 2.40. The van der Waals surface area contributed by atoms with Crippen molar-refractivity contribution in [1.29, 1.82) is 0 Å². The minimum atomic E-state index is -0.806. The van der Waals surface area contributed by atoms with Crippen LogP contribution in [-0.2, 0) is 4.79 Å². The maximum atomic E-state index is 11.4. The summed E-state index contributed by atoms with van der Waals surface area (Å²) in [4.78, 5) is 19.4. The van der Waals surface area contributed by atoms with E-state index in [0.717, 1.165) is 12.8 Å². The summed E-state index contributed by atoms with van der Waals surface area (Å²) in [6.45, 7) is 1.74. The number of carboxylic acids is 1. The zero-order valence-corrected chi connectivity index (χ0v) is 11.6. The van der Waals surface area contributed by atoms with Crippen molar-refractivity contribution < 1.29 is 14.6 Å². The van der Waals surface area contributed by atoms with E-state index in [1.807, 2.05) is 0 Å². The van der Waals surface area contributed by atoms with Crippen LogP contribution in [0.3, 0.4) is 0 Å². The van der Waals surface area contributed by atoms with Gasteiger partial charge in [-0.1, -0.05) is 18.0 Å². The number of methoxy groups -OCH3 is 1. The van der Waals surface area contributed by atoms with Gasteiger partial charge in [0.25, 0.3) is 0 Å². The van der Waals surface area contributed by atoms with E-state index in [4.69, 9.17) is 16.3 Å². The smallest absolute Gasteiger partial charge is 0.318 e. The predicted molar refractivity (Wildman–Crippen MR) is 70.6 cm³/mol. The number of aromatic nitrogens is 2. The van der Waals surface area contributed by atoms with Crippen LogP contribution in [0.1, 0.15) is 26.2 Å². The van der Waals surface area contributed by atoms with Gasteiger partial charge in [-0.05, 0) is 19.8 Å². The van der Waals surface area contributed by atoms with E-state index in [0.29, 0.717) is 17.3 Å². The Balaban J connectivity index is 2.23. The number of carbonyl (C=O) groups is 1. The lowest BCUT2D eigenvalue weighted by Crippen LogP contribution is -2.40. The fourth-order valence-electron chi connectivity index (χ4n) is 2.37. The molecule has 0 spiro atoms. The van der Waals surface area contributed by atoms with Gasteiger partial charge in [-0.15, -0.1) is 0 Å². The first kappa shape index (κ1) is 13.9. The van der Waals surface area contributed by atoms with Crippen molar-refractivity contribution >= 4 is 23.4 Å². The highest BCUT2D eigenvalue weighted by molar-refractivity contribution is 6.32. The third-order valence-electron chi connectivity index (χ3n) is 3.66. The van der Waals surface area contributed by atoms with Gasteiger partial charge in [0.2, 0.25) is 0 Å². The molecular weight excluding hydrogens is 270 g/mol. The Bertz CT molecular complexity index is 497. The van der Waals surface area contributed by atoms with Crippen LogP contribution in [0.4, 0.5) is 5.82 Å². The molecule has 2 atom stereocenters. The Labute approximate surface area is 116 Å². The van der Waals surface area contributed by atoms with Crippen molar-refractivity contribution in [3.8, 4) is 6.01 Å². The Kier molecular flexibility index (Phi) is 3.80. The molecule has 1 heterocycles. The van der Waals surface area contributed by atoms with Crippen LogP contribution < -0.4 is 10.1 Å². The van der Waals surface area contributed by atoms with Crippen LogP contribution in [0.25, 0.3) is 0 Å². The molecule has 19 heavy (non-hydrogen) atoms. The largest absolute Gasteiger partial charge is 0.481 e. The minimum Gasteiger partial charge on any atom is -0.481 e. The Hall–Kier alpha value is -1.56. The fourth-order valence-corrected chi connectivity index (χ4v) is 2.51. The minimum absolute atomic E-state index is 0.196. The molecular formula is C12H16ClN3O3. The number of rotatable bonds is 4. The molecule has 0 aromatic carbocycles. The molecule has 1 fully saturated rings. The van der Waals surface area contributed by atoms with Gasteiger partial charge in [0.05, 0.1) is 18.7 Å². The average Bonchev–Trinajstić information content (AvgIpc) is 2.75. The van der Waals surface area contributed by atoms with Gasteiger partial charge in [-0.3, -0.25) is 4.79 Å². The van der Waals surface area contributed by atoms with Crippen molar-refractivity contribution in [3.05, 3.63) is 11.2 Å². The van der Waals surface area contributed by atoms with Crippen molar-refractivity contribution in [3.63, 3.8) is 0 Å². The van der Waals surface area contributed by atoms with E-state index in [1.165, 1.54) is 13.3 Å². The quantitative estimate of drug-likeness (QED) is 0.882. The van der Waals surface area contributed by atoms with Crippen molar-refractivity contribution in [2.45, 2.75) is 32.2 Å². The molecule has 1 aromatic heterocycles. The summed E-state index contributed by atoms with van der Waals surface area (Å²) in [7, 11) is 1.46. The topological polar surface area (TPSA) is 84.3 Å². The van der Waals surface area contributed by atoms with E-state index in [1.54, 1.807) is 6.92 Å². The van der Waals surface area contributed by atoms with Crippen LogP contribution in [0.15, 0.2) is 6.20 Å². The first-order valence-corrected chi connectivity index (χ1v) is 6.41. The summed E-state index contributed by atoms with van der Waals surface area (Å²) in [6, 6.07) is -0.0102. The fraction of sp³-hybridized carbons (Fsp3) is 0.583. The van der Waals surface area contributed by atoms with Gasteiger partial charge in [-0.2, -0.15) is 4.98 Å². The number of halogens is 1. The van der Waals surface area contributed by atoms with Crippen molar-refractivity contribution in [1.82, 2.24) is 9.97 Å². The Morgan fingerprint density at radius 2 is 2.42 bits per heavy atom. The molecule has 1 saturated carbocycles. The van der Waals surface area contributed by atoms with E-state index in [9.17, 15) is 9.90 Å². The summed E-state index contributed by atoms with van der Waals surface area (Å²) in [5, 5.41) is 12.8. The maximum absolute atomic E-state index is 11.4. The van der Waals surface area contributed by atoms with Crippen LogP contribution in [0, 0.1) is 5.41 Å². The molecule has 1 aliphatic rings. The second-order valence-electron chi connectivity index (χ2n) is 4.87. The average molecular weight is 286 g/mol. The maximum Gasteiger partial charge on any atom is 0.318 e. The Morgan fingerprint density at radius 3 is 3.05 bits per heavy atom. The van der Waals surface area contributed by atoms with Crippen molar-refractivity contribution in [2.75, 3.05) is 12.4 Å². The zero-order valence-electron chi connectivity index (χ0n) is 10.8. The number of aliphatic carboxylic acids is 1.